The maximum atomic E-state index is 11.4. The smallest absolute Gasteiger partial charge is 0.354 e. The molecule has 2 rings (SSSR count). The lowest BCUT2D eigenvalue weighted by molar-refractivity contribution is -0.119. The van der Waals surface area contributed by atoms with Crippen molar-refractivity contribution in [2.75, 3.05) is 11.4 Å². The van der Waals surface area contributed by atoms with Gasteiger partial charge in [0, 0.05) is 18.4 Å². The molecule has 1 saturated heterocycles. The summed E-state index contributed by atoms with van der Waals surface area (Å²) in [6.45, 7) is 0.705. The van der Waals surface area contributed by atoms with Crippen LogP contribution >= 0.6 is 0 Å². The SMILES string of the molecule is NC(=O)C1CCCCN1c1ccnc(C(=O)O)c1. The van der Waals surface area contributed by atoms with E-state index >= 15 is 0 Å². The minimum atomic E-state index is -1.08. The number of hydrogen-bond donors (Lipinski definition) is 2. The van der Waals surface area contributed by atoms with Gasteiger partial charge in [0.2, 0.25) is 5.91 Å². The third-order valence-corrected chi connectivity index (χ3v) is 3.13. The Morgan fingerprint density at radius 1 is 1.44 bits per heavy atom. The Morgan fingerprint density at radius 2 is 2.22 bits per heavy atom. The summed E-state index contributed by atoms with van der Waals surface area (Å²) >= 11 is 0. The molecule has 1 unspecified atom stereocenters. The average molecular weight is 249 g/mol. The van der Waals surface area contributed by atoms with Crippen molar-refractivity contribution < 1.29 is 14.7 Å². The second kappa shape index (κ2) is 5.03. The molecule has 18 heavy (non-hydrogen) atoms. The summed E-state index contributed by atoms with van der Waals surface area (Å²) in [6, 6.07) is 2.82. The van der Waals surface area contributed by atoms with Gasteiger partial charge in [-0.25, -0.2) is 9.78 Å². The van der Waals surface area contributed by atoms with Gasteiger partial charge in [0.25, 0.3) is 0 Å². The van der Waals surface area contributed by atoms with Crippen LogP contribution < -0.4 is 10.6 Å². The number of amides is 1. The van der Waals surface area contributed by atoms with E-state index in [9.17, 15) is 9.59 Å². The first kappa shape index (κ1) is 12.3. The Morgan fingerprint density at radius 3 is 2.89 bits per heavy atom. The van der Waals surface area contributed by atoms with E-state index in [1.54, 1.807) is 6.07 Å². The number of primary amides is 1. The van der Waals surface area contributed by atoms with E-state index in [-0.39, 0.29) is 17.6 Å². The minimum absolute atomic E-state index is 0.0266. The molecule has 0 aliphatic carbocycles. The van der Waals surface area contributed by atoms with Crippen LogP contribution in [0.25, 0.3) is 0 Å². The predicted octanol–water partition coefficient (Wildman–Crippen LogP) is 0.624. The van der Waals surface area contributed by atoms with E-state index in [4.69, 9.17) is 10.8 Å². The molecule has 96 valence electrons. The zero-order valence-electron chi connectivity index (χ0n) is 9.87. The summed E-state index contributed by atoms with van der Waals surface area (Å²) in [6.07, 6.45) is 4.07. The summed E-state index contributed by atoms with van der Waals surface area (Å²) in [5.74, 6) is -1.45. The third-order valence-electron chi connectivity index (χ3n) is 3.13. The normalized spacial score (nSPS) is 19.6. The number of pyridine rings is 1. The molecule has 1 aliphatic heterocycles. The van der Waals surface area contributed by atoms with Gasteiger partial charge in [-0.1, -0.05) is 0 Å². The van der Waals surface area contributed by atoms with Crippen LogP contribution in [0.5, 0.6) is 0 Å². The highest BCUT2D eigenvalue weighted by molar-refractivity contribution is 5.87. The number of rotatable bonds is 3. The second-order valence-electron chi connectivity index (χ2n) is 4.31. The molecular formula is C12H15N3O3. The van der Waals surface area contributed by atoms with Crippen LogP contribution in [0.15, 0.2) is 18.3 Å². The molecule has 6 heteroatoms. The van der Waals surface area contributed by atoms with Crippen molar-refractivity contribution >= 4 is 17.6 Å². The van der Waals surface area contributed by atoms with Gasteiger partial charge in [-0.15, -0.1) is 0 Å². The minimum Gasteiger partial charge on any atom is -0.477 e. The second-order valence-corrected chi connectivity index (χ2v) is 4.31. The fraction of sp³-hybridized carbons (Fsp3) is 0.417. The number of carboxylic acids is 1. The molecule has 1 fully saturated rings. The molecule has 1 aromatic rings. The monoisotopic (exact) mass is 249 g/mol. The standard InChI is InChI=1S/C12H15N3O3/c13-11(16)10-3-1-2-6-15(10)8-4-5-14-9(7-8)12(17)18/h4-5,7,10H,1-3,6H2,(H2,13,16)(H,17,18). The van der Waals surface area contributed by atoms with Crippen molar-refractivity contribution in [1.29, 1.82) is 0 Å². The molecule has 0 spiro atoms. The molecule has 1 aliphatic rings. The Bertz CT molecular complexity index is 475. The largest absolute Gasteiger partial charge is 0.477 e. The molecule has 0 radical (unpaired) electrons. The number of aromatic carboxylic acids is 1. The number of nitrogens with zero attached hydrogens (tertiary/aromatic N) is 2. The van der Waals surface area contributed by atoms with Crippen molar-refractivity contribution in [2.45, 2.75) is 25.3 Å². The number of piperidine rings is 1. The van der Waals surface area contributed by atoms with Gasteiger partial charge in [0.1, 0.15) is 11.7 Å². The van der Waals surface area contributed by atoms with Crippen molar-refractivity contribution in [3.63, 3.8) is 0 Å². The van der Waals surface area contributed by atoms with E-state index in [1.807, 2.05) is 4.90 Å². The molecule has 0 bridgehead atoms. The average Bonchev–Trinajstić information content (AvgIpc) is 2.39. The van der Waals surface area contributed by atoms with Gasteiger partial charge in [-0.05, 0) is 31.4 Å². The number of carboxylic acid groups (broad SMARTS) is 1. The lowest BCUT2D eigenvalue weighted by atomic mass is 10.0. The van der Waals surface area contributed by atoms with Crippen LogP contribution in [0.1, 0.15) is 29.8 Å². The van der Waals surface area contributed by atoms with Gasteiger partial charge in [0.05, 0.1) is 0 Å². The van der Waals surface area contributed by atoms with Gasteiger partial charge in [-0.2, -0.15) is 0 Å². The quantitative estimate of drug-likeness (QED) is 0.818. The van der Waals surface area contributed by atoms with E-state index in [1.165, 1.54) is 12.3 Å². The number of aromatic nitrogens is 1. The fourth-order valence-electron chi connectivity index (χ4n) is 2.25. The first-order valence-electron chi connectivity index (χ1n) is 5.85. The molecule has 1 amide bonds. The van der Waals surface area contributed by atoms with E-state index in [0.717, 1.165) is 12.8 Å². The van der Waals surface area contributed by atoms with Gasteiger partial charge in [0.15, 0.2) is 0 Å². The Kier molecular flexibility index (Phi) is 3.45. The summed E-state index contributed by atoms with van der Waals surface area (Å²) in [4.78, 5) is 27.9. The van der Waals surface area contributed by atoms with Crippen LogP contribution in [-0.2, 0) is 4.79 Å². The topological polar surface area (TPSA) is 96.5 Å². The fourth-order valence-corrected chi connectivity index (χ4v) is 2.25. The number of anilines is 1. The highest BCUT2D eigenvalue weighted by Crippen LogP contribution is 2.24. The first-order valence-corrected chi connectivity index (χ1v) is 5.85. The molecule has 3 N–H and O–H groups in total. The molecular weight excluding hydrogens is 234 g/mol. The van der Waals surface area contributed by atoms with Crippen LogP contribution in [0.3, 0.4) is 0 Å². The summed E-state index contributed by atoms with van der Waals surface area (Å²) in [5, 5.41) is 8.91. The zero-order valence-corrected chi connectivity index (χ0v) is 9.87. The number of nitrogens with two attached hydrogens (primary N) is 1. The lowest BCUT2D eigenvalue weighted by Gasteiger charge is -2.35. The molecule has 1 aromatic heterocycles. The molecule has 6 nitrogen and oxygen atoms in total. The van der Waals surface area contributed by atoms with Gasteiger partial charge in [-0.3, -0.25) is 4.79 Å². The maximum Gasteiger partial charge on any atom is 0.354 e. The van der Waals surface area contributed by atoms with Crippen molar-refractivity contribution in [1.82, 2.24) is 4.98 Å². The van der Waals surface area contributed by atoms with E-state index in [2.05, 4.69) is 4.98 Å². The van der Waals surface area contributed by atoms with Crippen LogP contribution in [0, 0.1) is 0 Å². The molecule has 1 atom stereocenters. The third kappa shape index (κ3) is 2.42. The Balaban J connectivity index is 2.30. The van der Waals surface area contributed by atoms with Gasteiger partial charge >= 0.3 is 5.97 Å². The number of hydrogen-bond acceptors (Lipinski definition) is 4. The van der Waals surface area contributed by atoms with E-state index < -0.39 is 5.97 Å². The van der Waals surface area contributed by atoms with Gasteiger partial charge < -0.3 is 15.7 Å². The summed E-state index contributed by atoms with van der Waals surface area (Å²) < 4.78 is 0. The molecule has 2 heterocycles. The van der Waals surface area contributed by atoms with E-state index in [0.29, 0.717) is 18.7 Å². The summed E-state index contributed by atoms with van der Waals surface area (Å²) in [5.41, 5.74) is 6.04. The maximum absolute atomic E-state index is 11.4. The Labute approximate surface area is 104 Å². The van der Waals surface area contributed by atoms with Crippen LogP contribution in [-0.4, -0.2) is 34.6 Å². The lowest BCUT2D eigenvalue weighted by Crippen LogP contribution is -2.47. The summed E-state index contributed by atoms with van der Waals surface area (Å²) in [7, 11) is 0. The molecule has 0 saturated carbocycles. The Hall–Kier alpha value is -2.11. The zero-order chi connectivity index (χ0) is 13.1. The number of carbonyl (C=O) groups is 2. The highest BCUT2D eigenvalue weighted by atomic mass is 16.4. The van der Waals surface area contributed by atoms with Crippen molar-refractivity contribution in [3.05, 3.63) is 24.0 Å². The predicted molar refractivity (Wildman–Crippen MR) is 65.4 cm³/mol. The molecule has 0 aromatic carbocycles. The van der Waals surface area contributed by atoms with Crippen molar-refractivity contribution in [3.8, 4) is 0 Å². The van der Waals surface area contributed by atoms with Crippen LogP contribution in [0.2, 0.25) is 0 Å². The first-order chi connectivity index (χ1) is 8.59. The van der Waals surface area contributed by atoms with Crippen molar-refractivity contribution in [2.24, 2.45) is 5.73 Å². The number of carbonyl (C=O) groups excluding carboxylic acids is 1. The van der Waals surface area contributed by atoms with Crippen LogP contribution in [0.4, 0.5) is 5.69 Å². The highest BCUT2D eigenvalue weighted by Gasteiger charge is 2.27.